The first-order chi connectivity index (χ1) is 9.20. The van der Waals surface area contributed by atoms with Crippen molar-refractivity contribution in [3.8, 4) is 0 Å². The Morgan fingerprint density at radius 2 is 1.68 bits per heavy atom. The Kier molecular flexibility index (Phi) is 13.0. The van der Waals surface area contributed by atoms with Gasteiger partial charge in [-0.1, -0.05) is 52.0 Å². The SMILES string of the molecule is C=CC(=O)OCCCCC(F)CCCCCCCC. The molecule has 0 aliphatic rings. The number of rotatable bonds is 13. The second-order valence-electron chi connectivity index (χ2n) is 5.02. The van der Waals surface area contributed by atoms with Gasteiger partial charge in [-0.25, -0.2) is 9.18 Å². The average Bonchev–Trinajstić information content (AvgIpc) is 2.42. The molecule has 0 saturated heterocycles. The van der Waals surface area contributed by atoms with Crippen molar-refractivity contribution in [3.63, 3.8) is 0 Å². The minimum atomic E-state index is -0.693. The van der Waals surface area contributed by atoms with Gasteiger partial charge in [0.25, 0.3) is 0 Å². The van der Waals surface area contributed by atoms with E-state index in [0.717, 1.165) is 31.8 Å². The second-order valence-corrected chi connectivity index (χ2v) is 5.02. The van der Waals surface area contributed by atoms with Crippen LogP contribution in [0.3, 0.4) is 0 Å². The lowest BCUT2D eigenvalue weighted by atomic mass is 10.0. The van der Waals surface area contributed by atoms with Gasteiger partial charge in [0.1, 0.15) is 6.17 Å². The predicted octanol–water partition coefficient (Wildman–Crippen LogP) is 4.97. The molecule has 0 fully saturated rings. The Balaban J connectivity index is 3.23. The number of ether oxygens (including phenoxy) is 1. The standard InChI is InChI=1S/C16H29FO2/c1-3-5-6-7-8-9-12-15(17)13-10-11-14-19-16(18)4-2/h4,15H,2-3,5-14H2,1H3. The molecule has 0 heterocycles. The third-order valence-corrected chi connectivity index (χ3v) is 3.19. The highest BCUT2D eigenvalue weighted by molar-refractivity contribution is 5.81. The van der Waals surface area contributed by atoms with Gasteiger partial charge in [-0.2, -0.15) is 0 Å². The normalized spacial score (nSPS) is 12.1. The van der Waals surface area contributed by atoms with Crippen molar-refractivity contribution in [2.24, 2.45) is 0 Å². The molecule has 0 amide bonds. The van der Waals surface area contributed by atoms with Crippen molar-refractivity contribution < 1.29 is 13.9 Å². The Morgan fingerprint density at radius 3 is 2.32 bits per heavy atom. The van der Waals surface area contributed by atoms with E-state index in [1.165, 1.54) is 25.7 Å². The van der Waals surface area contributed by atoms with Crippen LogP contribution in [0, 0.1) is 0 Å². The van der Waals surface area contributed by atoms with E-state index in [1.54, 1.807) is 0 Å². The molecule has 1 atom stereocenters. The largest absolute Gasteiger partial charge is 0.463 e. The van der Waals surface area contributed by atoms with Gasteiger partial charge in [-0.3, -0.25) is 0 Å². The molecule has 0 rings (SSSR count). The molecule has 0 N–H and O–H groups in total. The summed E-state index contributed by atoms with van der Waals surface area (Å²) >= 11 is 0. The Hall–Kier alpha value is -0.860. The predicted molar refractivity (Wildman–Crippen MR) is 77.9 cm³/mol. The van der Waals surface area contributed by atoms with Crippen molar-refractivity contribution in [1.29, 1.82) is 0 Å². The van der Waals surface area contributed by atoms with Crippen LogP contribution in [0.4, 0.5) is 4.39 Å². The molecule has 1 unspecified atom stereocenters. The van der Waals surface area contributed by atoms with Crippen LogP contribution >= 0.6 is 0 Å². The van der Waals surface area contributed by atoms with Gasteiger partial charge in [0.05, 0.1) is 6.61 Å². The van der Waals surface area contributed by atoms with E-state index in [0.29, 0.717) is 19.4 Å². The molecule has 3 heteroatoms. The molecule has 0 radical (unpaired) electrons. The number of esters is 1. The van der Waals surface area contributed by atoms with E-state index < -0.39 is 12.1 Å². The van der Waals surface area contributed by atoms with E-state index in [1.807, 2.05) is 0 Å². The van der Waals surface area contributed by atoms with Crippen LogP contribution in [-0.4, -0.2) is 18.7 Å². The Morgan fingerprint density at radius 1 is 1.11 bits per heavy atom. The maximum atomic E-state index is 13.5. The van der Waals surface area contributed by atoms with Crippen molar-refractivity contribution in [2.75, 3.05) is 6.61 Å². The first kappa shape index (κ1) is 18.1. The third kappa shape index (κ3) is 13.4. The van der Waals surface area contributed by atoms with E-state index in [-0.39, 0.29) is 0 Å². The Bertz CT molecular complexity index is 229. The lowest BCUT2D eigenvalue weighted by Crippen LogP contribution is -2.04. The Labute approximate surface area is 117 Å². The molecule has 0 aliphatic heterocycles. The minimum absolute atomic E-state index is 0.370. The maximum Gasteiger partial charge on any atom is 0.330 e. The van der Waals surface area contributed by atoms with Crippen LogP contribution in [-0.2, 0) is 9.53 Å². The summed E-state index contributed by atoms with van der Waals surface area (Å²) in [6, 6.07) is 0. The quantitative estimate of drug-likeness (QED) is 0.269. The molecule has 2 nitrogen and oxygen atoms in total. The lowest BCUT2D eigenvalue weighted by molar-refractivity contribution is -0.137. The van der Waals surface area contributed by atoms with Crippen LogP contribution in [0.25, 0.3) is 0 Å². The zero-order valence-corrected chi connectivity index (χ0v) is 12.3. The molecular weight excluding hydrogens is 243 g/mol. The summed E-state index contributed by atoms with van der Waals surface area (Å²) in [4.78, 5) is 10.7. The van der Waals surface area contributed by atoms with E-state index in [2.05, 4.69) is 13.5 Å². The summed E-state index contributed by atoms with van der Waals surface area (Å²) in [7, 11) is 0. The lowest BCUT2D eigenvalue weighted by Gasteiger charge is -2.08. The molecule has 0 bridgehead atoms. The second kappa shape index (κ2) is 13.6. The number of carbonyl (C=O) groups excluding carboxylic acids is 1. The van der Waals surface area contributed by atoms with Gasteiger partial charge < -0.3 is 4.74 Å². The topological polar surface area (TPSA) is 26.3 Å². The zero-order chi connectivity index (χ0) is 14.3. The zero-order valence-electron chi connectivity index (χ0n) is 12.3. The number of carbonyl (C=O) groups is 1. The molecule has 0 aliphatic carbocycles. The molecule has 0 saturated carbocycles. The van der Waals surface area contributed by atoms with Gasteiger partial charge >= 0.3 is 5.97 Å². The van der Waals surface area contributed by atoms with Crippen molar-refractivity contribution >= 4 is 5.97 Å². The van der Waals surface area contributed by atoms with Crippen LogP contribution in [0.5, 0.6) is 0 Å². The molecule has 0 aromatic rings. The molecular formula is C16H29FO2. The van der Waals surface area contributed by atoms with Crippen LogP contribution < -0.4 is 0 Å². The summed E-state index contributed by atoms with van der Waals surface area (Å²) < 4.78 is 18.3. The fraction of sp³-hybridized carbons (Fsp3) is 0.812. The summed E-state index contributed by atoms with van der Waals surface area (Å²) in [5, 5.41) is 0. The number of hydrogen-bond donors (Lipinski definition) is 0. The smallest absolute Gasteiger partial charge is 0.330 e. The van der Waals surface area contributed by atoms with Gasteiger partial charge in [0, 0.05) is 6.08 Å². The van der Waals surface area contributed by atoms with Gasteiger partial charge in [0.15, 0.2) is 0 Å². The molecule has 0 aromatic heterocycles. The van der Waals surface area contributed by atoms with E-state index in [9.17, 15) is 9.18 Å². The number of hydrogen-bond acceptors (Lipinski definition) is 2. The number of unbranched alkanes of at least 4 members (excludes halogenated alkanes) is 6. The fourth-order valence-electron chi connectivity index (χ4n) is 1.99. The molecule has 19 heavy (non-hydrogen) atoms. The van der Waals surface area contributed by atoms with Gasteiger partial charge in [-0.15, -0.1) is 0 Å². The average molecular weight is 272 g/mol. The summed E-state index contributed by atoms with van der Waals surface area (Å²) in [6.07, 6.45) is 10.4. The van der Waals surface area contributed by atoms with Crippen LogP contribution in [0.2, 0.25) is 0 Å². The monoisotopic (exact) mass is 272 g/mol. The maximum absolute atomic E-state index is 13.5. The minimum Gasteiger partial charge on any atom is -0.463 e. The van der Waals surface area contributed by atoms with Crippen molar-refractivity contribution in [3.05, 3.63) is 12.7 Å². The molecule has 0 aromatic carbocycles. The molecule has 0 spiro atoms. The first-order valence-electron chi connectivity index (χ1n) is 7.64. The number of halogens is 1. The number of alkyl halides is 1. The summed E-state index contributed by atoms with van der Waals surface area (Å²) in [6.45, 7) is 5.88. The van der Waals surface area contributed by atoms with Crippen molar-refractivity contribution in [2.45, 2.75) is 77.3 Å². The first-order valence-corrected chi connectivity index (χ1v) is 7.64. The van der Waals surface area contributed by atoms with Gasteiger partial charge in [0.2, 0.25) is 0 Å². The summed E-state index contributed by atoms with van der Waals surface area (Å²) in [5.41, 5.74) is 0. The van der Waals surface area contributed by atoms with Gasteiger partial charge in [-0.05, 0) is 25.7 Å². The van der Waals surface area contributed by atoms with E-state index in [4.69, 9.17) is 4.74 Å². The van der Waals surface area contributed by atoms with Crippen molar-refractivity contribution in [1.82, 2.24) is 0 Å². The summed E-state index contributed by atoms with van der Waals surface area (Å²) in [5.74, 6) is -0.399. The highest BCUT2D eigenvalue weighted by Crippen LogP contribution is 2.14. The fourth-order valence-corrected chi connectivity index (χ4v) is 1.99. The molecule has 112 valence electrons. The third-order valence-electron chi connectivity index (χ3n) is 3.19. The van der Waals surface area contributed by atoms with Crippen LogP contribution in [0.1, 0.15) is 71.1 Å². The highest BCUT2D eigenvalue weighted by Gasteiger charge is 2.06. The highest BCUT2D eigenvalue weighted by atomic mass is 19.1. The van der Waals surface area contributed by atoms with Crippen LogP contribution in [0.15, 0.2) is 12.7 Å². The van der Waals surface area contributed by atoms with E-state index >= 15 is 0 Å².